The molecule has 0 bridgehead atoms. The van der Waals surface area contributed by atoms with E-state index in [1.165, 1.54) is 0 Å². The molecule has 4 heterocycles. The van der Waals surface area contributed by atoms with E-state index in [0.717, 1.165) is 34.6 Å². The van der Waals surface area contributed by atoms with Gasteiger partial charge in [-0.1, -0.05) is 36.7 Å². The van der Waals surface area contributed by atoms with Gasteiger partial charge < -0.3 is 14.0 Å². The number of nitrogens with zero attached hydrogens (tertiary/aromatic N) is 5. The maximum Gasteiger partial charge on any atom is 0.280 e. The van der Waals surface area contributed by atoms with Crippen LogP contribution in [0.2, 0.25) is 5.02 Å². The summed E-state index contributed by atoms with van der Waals surface area (Å²) in [7, 11) is 0. The largest absolute Gasteiger partial charge is 0.490 e. The van der Waals surface area contributed by atoms with Gasteiger partial charge in [0.2, 0.25) is 0 Å². The van der Waals surface area contributed by atoms with Crippen LogP contribution in [0.4, 0.5) is 0 Å². The van der Waals surface area contributed by atoms with Gasteiger partial charge >= 0.3 is 0 Å². The monoisotopic (exact) mass is 487 g/mol. The highest BCUT2D eigenvalue weighted by Gasteiger charge is 2.19. The fraction of sp³-hybridized carbons (Fsp3) is 0.231. The quantitative estimate of drug-likeness (QED) is 0.370. The van der Waals surface area contributed by atoms with Crippen molar-refractivity contribution < 1.29 is 9.47 Å². The number of rotatable bonds is 4. The molecule has 5 aromatic rings. The molecule has 6 rings (SSSR count). The summed E-state index contributed by atoms with van der Waals surface area (Å²) in [5.74, 6) is 1.43. The van der Waals surface area contributed by atoms with Crippen LogP contribution in [0.5, 0.6) is 11.5 Å². The van der Waals surface area contributed by atoms with E-state index in [-0.39, 0.29) is 11.1 Å². The lowest BCUT2D eigenvalue weighted by molar-refractivity contribution is 0.297. The molecule has 0 aliphatic carbocycles. The number of benzene rings is 2. The van der Waals surface area contributed by atoms with Crippen LogP contribution >= 0.6 is 11.6 Å². The van der Waals surface area contributed by atoms with E-state index in [2.05, 4.69) is 10.2 Å². The van der Waals surface area contributed by atoms with Crippen molar-refractivity contribution in [3.63, 3.8) is 0 Å². The van der Waals surface area contributed by atoms with Gasteiger partial charge in [-0.05, 0) is 47.9 Å². The fourth-order valence-corrected chi connectivity index (χ4v) is 4.54. The molecule has 0 fully saturated rings. The molecule has 1 aliphatic heterocycles. The minimum absolute atomic E-state index is 0.231. The van der Waals surface area contributed by atoms with Crippen LogP contribution in [0.15, 0.2) is 59.5 Å². The van der Waals surface area contributed by atoms with Crippen LogP contribution in [-0.2, 0) is 13.0 Å². The van der Waals surface area contributed by atoms with Crippen molar-refractivity contribution in [2.75, 3.05) is 13.2 Å². The average Bonchev–Trinajstić information content (AvgIpc) is 3.10. The SMILES string of the molecule is CCc1nn2c(nnc3c(=O)n(Cc4ccc5c(c4)OCCCO5)ccc32)c1-c1ccc(Cl)cc1. The maximum absolute atomic E-state index is 13.3. The third-order valence-corrected chi connectivity index (χ3v) is 6.41. The number of aromatic nitrogens is 5. The van der Waals surface area contributed by atoms with Crippen LogP contribution in [0, 0.1) is 0 Å². The number of fused-ring (bicyclic) bond motifs is 4. The van der Waals surface area contributed by atoms with Gasteiger partial charge in [0.15, 0.2) is 22.7 Å². The van der Waals surface area contributed by atoms with Crippen LogP contribution in [-0.4, -0.2) is 37.6 Å². The molecule has 0 radical (unpaired) electrons. The number of aryl methyl sites for hydroxylation is 1. The van der Waals surface area contributed by atoms with Gasteiger partial charge in [0.1, 0.15) is 5.52 Å². The lowest BCUT2D eigenvalue weighted by atomic mass is 10.0. The maximum atomic E-state index is 13.3. The molecule has 0 unspecified atom stereocenters. The minimum Gasteiger partial charge on any atom is -0.490 e. The number of hydrogen-bond donors (Lipinski definition) is 0. The highest BCUT2D eigenvalue weighted by Crippen LogP contribution is 2.31. The first-order valence-corrected chi connectivity index (χ1v) is 11.9. The first-order chi connectivity index (χ1) is 17.1. The smallest absolute Gasteiger partial charge is 0.280 e. The fourth-order valence-electron chi connectivity index (χ4n) is 4.42. The van der Waals surface area contributed by atoms with Crippen LogP contribution in [0.25, 0.3) is 27.8 Å². The lowest BCUT2D eigenvalue weighted by Gasteiger charge is -2.11. The molecule has 2 aromatic carbocycles. The normalized spacial score (nSPS) is 13.3. The van der Waals surface area contributed by atoms with E-state index in [9.17, 15) is 4.79 Å². The van der Waals surface area contributed by atoms with Gasteiger partial charge in [-0.15, -0.1) is 10.2 Å². The lowest BCUT2D eigenvalue weighted by Crippen LogP contribution is -2.22. The van der Waals surface area contributed by atoms with Crippen molar-refractivity contribution >= 4 is 28.3 Å². The Morgan fingerprint density at radius 1 is 1.00 bits per heavy atom. The van der Waals surface area contributed by atoms with E-state index >= 15 is 0 Å². The third kappa shape index (κ3) is 3.80. The number of hydrogen-bond acceptors (Lipinski definition) is 6. The van der Waals surface area contributed by atoms with Crippen LogP contribution in [0.1, 0.15) is 24.6 Å². The topological polar surface area (TPSA) is 83.5 Å². The van der Waals surface area contributed by atoms with Crippen LogP contribution < -0.4 is 15.0 Å². The minimum atomic E-state index is -0.231. The summed E-state index contributed by atoms with van der Waals surface area (Å²) in [5, 5.41) is 14.2. The van der Waals surface area contributed by atoms with Gasteiger partial charge in [-0.25, -0.2) is 4.52 Å². The molecule has 0 N–H and O–H groups in total. The molecule has 35 heavy (non-hydrogen) atoms. The summed E-state index contributed by atoms with van der Waals surface area (Å²) in [6.45, 7) is 3.66. The zero-order chi connectivity index (χ0) is 23.9. The molecule has 0 saturated carbocycles. The zero-order valence-corrected chi connectivity index (χ0v) is 19.8. The molecule has 176 valence electrons. The molecule has 1 aliphatic rings. The molecule has 0 spiro atoms. The summed E-state index contributed by atoms with van der Waals surface area (Å²) in [6.07, 6.45) is 3.32. The first-order valence-electron chi connectivity index (χ1n) is 11.5. The molecule has 0 atom stereocenters. The van der Waals surface area contributed by atoms with E-state index in [0.29, 0.717) is 48.1 Å². The number of pyridine rings is 1. The molecule has 0 saturated heterocycles. The highest BCUT2D eigenvalue weighted by molar-refractivity contribution is 6.30. The molecular weight excluding hydrogens is 466 g/mol. The van der Waals surface area contributed by atoms with Crippen molar-refractivity contribution in [3.8, 4) is 22.6 Å². The Morgan fingerprint density at radius 2 is 1.80 bits per heavy atom. The average molecular weight is 488 g/mol. The zero-order valence-electron chi connectivity index (χ0n) is 19.1. The second kappa shape index (κ2) is 8.70. The van der Waals surface area contributed by atoms with Gasteiger partial charge in [-0.3, -0.25) is 4.79 Å². The standard InChI is InChI=1S/C26H22ClN5O3/c1-2-19-23(17-5-7-18(27)8-6-17)25-29-28-24-20(32(25)30-19)10-11-31(26(24)33)15-16-4-9-21-22(14-16)35-13-3-12-34-21/h4-11,14H,2-3,12-13,15H2,1H3. The van der Waals surface area contributed by atoms with Crippen LogP contribution in [0.3, 0.4) is 0 Å². The second-order valence-electron chi connectivity index (χ2n) is 8.43. The highest BCUT2D eigenvalue weighted by atomic mass is 35.5. The van der Waals surface area contributed by atoms with Crippen molar-refractivity contribution in [2.24, 2.45) is 0 Å². The molecule has 8 nitrogen and oxygen atoms in total. The van der Waals surface area contributed by atoms with Crippen molar-refractivity contribution in [1.29, 1.82) is 0 Å². The Hall–Kier alpha value is -3.91. The predicted molar refractivity (Wildman–Crippen MR) is 134 cm³/mol. The van der Waals surface area contributed by atoms with Gasteiger partial charge in [-0.2, -0.15) is 5.10 Å². The number of ether oxygens (including phenoxy) is 2. The number of halogens is 1. The second-order valence-corrected chi connectivity index (χ2v) is 8.87. The van der Waals surface area contributed by atoms with Crippen molar-refractivity contribution in [2.45, 2.75) is 26.3 Å². The van der Waals surface area contributed by atoms with Gasteiger partial charge in [0, 0.05) is 17.6 Å². The summed E-state index contributed by atoms with van der Waals surface area (Å²) < 4.78 is 14.8. The molecule has 3 aromatic heterocycles. The van der Waals surface area contributed by atoms with Crippen molar-refractivity contribution in [1.82, 2.24) is 24.4 Å². The Labute approximate surface area is 205 Å². The summed E-state index contributed by atoms with van der Waals surface area (Å²) in [4.78, 5) is 13.3. The Kier molecular flexibility index (Phi) is 5.37. The third-order valence-electron chi connectivity index (χ3n) is 6.16. The van der Waals surface area contributed by atoms with E-state index in [1.54, 1.807) is 15.3 Å². The summed E-state index contributed by atoms with van der Waals surface area (Å²) in [5.41, 5.74) is 4.93. The predicted octanol–water partition coefficient (Wildman–Crippen LogP) is 4.53. The molecule has 0 amide bonds. The van der Waals surface area contributed by atoms with Gasteiger partial charge in [0.25, 0.3) is 5.56 Å². The molecular formula is C26H22ClN5O3. The summed E-state index contributed by atoms with van der Waals surface area (Å²) >= 11 is 6.08. The van der Waals surface area contributed by atoms with Crippen molar-refractivity contribution in [3.05, 3.63) is 81.4 Å². The van der Waals surface area contributed by atoms with E-state index < -0.39 is 0 Å². The Bertz CT molecular complexity index is 1620. The van der Waals surface area contributed by atoms with E-state index in [4.69, 9.17) is 26.2 Å². The Morgan fingerprint density at radius 3 is 2.60 bits per heavy atom. The molecule has 9 heteroatoms. The Balaban J connectivity index is 1.43. The van der Waals surface area contributed by atoms with Gasteiger partial charge in [0.05, 0.1) is 31.0 Å². The van der Waals surface area contributed by atoms with E-state index in [1.807, 2.05) is 55.5 Å². The first kappa shape index (κ1) is 21.6. The summed E-state index contributed by atoms with van der Waals surface area (Å²) in [6, 6.07) is 15.2.